The van der Waals surface area contributed by atoms with Gasteiger partial charge in [0.05, 0.1) is 10.0 Å². The molecule has 2 aromatic rings. The first-order chi connectivity index (χ1) is 11.2. The van der Waals surface area contributed by atoms with Gasteiger partial charge in [0.25, 0.3) is 0 Å². The molecule has 0 heterocycles. The van der Waals surface area contributed by atoms with Crippen molar-refractivity contribution in [2.45, 2.75) is 12.7 Å². The number of alkyl halides is 3. The van der Waals surface area contributed by atoms with Gasteiger partial charge in [0.2, 0.25) is 0 Å². The first kappa shape index (κ1) is 18.4. The second kappa shape index (κ2) is 7.77. The number of carbonyl (C=O) groups excluding carboxylic acids is 1. The summed E-state index contributed by atoms with van der Waals surface area (Å²) in [5, 5.41) is 2.87. The third-order valence-corrected chi connectivity index (χ3v) is 3.78. The predicted molar refractivity (Wildman–Crippen MR) is 88.4 cm³/mol. The molecule has 0 atom stereocenters. The fourth-order valence-corrected chi connectivity index (χ4v) is 2.29. The molecule has 1 N–H and O–H groups in total. The van der Waals surface area contributed by atoms with Gasteiger partial charge in [-0.1, -0.05) is 53.5 Å². The third-order valence-electron chi connectivity index (χ3n) is 3.04. The van der Waals surface area contributed by atoms with Gasteiger partial charge in [-0.05, 0) is 23.8 Å². The molecule has 0 radical (unpaired) electrons. The molecule has 0 fully saturated rings. The maximum absolute atomic E-state index is 12.8. The van der Waals surface area contributed by atoms with Crippen LogP contribution in [0.4, 0.5) is 23.7 Å². The highest BCUT2D eigenvalue weighted by Crippen LogP contribution is 2.26. The number of halogens is 5. The van der Waals surface area contributed by atoms with Crippen LogP contribution in [0.5, 0.6) is 0 Å². The van der Waals surface area contributed by atoms with E-state index in [0.717, 1.165) is 0 Å². The lowest BCUT2D eigenvalue weighted by Crippen LogP contribution is -2.41. The zero-order valence-corrected chi connectivity index (χ0v) is 13.8. The van der Waals surface area contributed by atoms with E-state index in [2.05, 4.69) is 5.32 Å². The van der Waals surface area contributed by atoms with Crippen molar-refractivity contribution in [1.29, 1.82) is 0 Å². The Kier molecular flexibility index (Phi) is 5.96. The zero-order chi connectivity index (χ0) is 17.7. The smallest absolute Gasteiger partial charge is 0.311 e. The number of amides is 2. The molecule has 0 aromatic heterocycles. The van der Waals surface area contributed by atoms with Crippen LogP contribution in [-0.4, -0.2) is 23.7 Å². The van der Waals surface area contributed by atoms with Crippen LogP contribution in [0, 0.1) is 0 Å². The van der Waals surface area contributed by atoms with Crippen LogP contribution in [0.1, 0.15) is 5.56 Å². The van der Waals surface area contributed by atoms with Gasteiger partial charge < -0.3 is 10.2 Å². The van der Waals surface area contributed by atoms with Crippen molar-refractivity contribution in [1.82, 2.24) is 4.90 Å². The van der Waals surface area contributed by atoms with Gasteiger partial charge in [-0.3, -0.25) is 0 Å². The lowest BCUT2D eigenvalue weighted by atomic mass is 10.2. The minimum Gasteiger partial charge on any atom is -0.311 e. The molecule has 0 spiro atoms. The first-order valence-corrected chi connectivity index (χ1v) is 7.62. The number of hydrogen-bond donors (Lipinski definition) is 1. The Labute approximate surface area is 147 Å². The first-order valence-electron chi connectivity index (χ1n) is 6.86. The highest BCUT2D eigenvalue weighted by Gasteiger charge is 2.33. The third kappa shape index (κ3) is 5.62. The van der Waals surface area contributed by atoms with Crippen molar-refractivity contribution in [2.75, 3.05) is 11.9 Å². The summed E-state index contributed by atoms with van der Waals surface area (Å²) in [7, 11) is 0. The topological polar surface area (TPSA) is 32.3 Å². The van der Waals surface area contributed by atoms with E-state index in [9.17, 15) is 18.0 Å². The van der Waals surface area contributed by atoms with Gasteiger partial charge in [0, 0.05) is 12.2 Å². The lowest BCUT2D eigenvalue weighted by Gasteiger charge is -2.24. The summed E-state index contributed by atoms with van der Waals surface area (Å²) in [4.78, 5) is 12.9. The molecule has 2 aromatic carbocycles. The van der Waals surface area contributed by atoms with Crippen molar-refractivity contribution in [3.63, 3.8) is 0 Å². The summed E-state index contributed by atoms with van der Waals surface area (Å²) < 4.78 is 38.3. The molecule has 24 heavy (non-hydrogen) atoms. The number of urea groups is 1. The summed E-state index contributed by atoms with van der Waals surface area (Å²) in [6.45, 7) is -1.54. The average Bonchev–Trinajstić information content (AvgIpc) is 2.50. The Hall–Kier alpha value is -1.92. The average molecular weight is 377 g/mol. The molecular weight excluding hydrogens is 364 g/mol. The van der Waals surface area contributed by atoms with Crippen molar-refractivity contribution in [3.8, 4) is 0 Å². The van der Waals surface area contributed by atoms with E-state index in [1.807, 2.05) is 0 Å². The normalized spacial score (nSPS) is 11.2. The summed E-state index contributed by atoms with van der Waals surface area (Å²) in [6, 6.07) is 11.8. The van der Waals surface area contributed by atoms with Crippen molar-refractivity contribution in [2.24, 2.45) is 0 Å². The number of rotatable bonds is 4. The quantitative estimate of drug-likeness (QED) is 0.740. The van der Waals surface area contributed by atoms with Crippen molar-refractivity contribution >= 4 is 34.9 Å². The minimum absolute atomic E-state index is 0.173. The fraction of sp³-hybridized carbons (Fsp3) is 0.188. The zero-order valence-electron chi connectivity index (χ0n) is 12.3. The lowest BCUT2D eigenvalue weighted by molar-refractivity contribution is -0.140. The van der Waals surface area contributed by atoms with Crippen LogP contribution in [0.3, 0.4) is 0 Å². The molecule has 3 nitrogen and oxygen atoms in total. The fourth-order valence-electron chi connectivity index (χ4n) is 2.00. The number of carbonyl (C=O) groups is 1. The molecule has 0 aliphatic heterocycles. The predicted octanol–water partition coefficient (Wildman–Crippen LogP) is 5.59. The Morgan fingerprint density at radius 1 is 1.04 bits per heavy atom. The SMILES string of the molecule is O=C(Nc1ccc(Cl)c(Cl)c1)N(Cc1ccccc1)CC(F)(F)F. The standard InChI is InChI=1S/C16H13Cl2F3N2O/c17-13-7-6-12(8-14(13)18)22-15(24)23(10-16(19,20)21)9-11-4-2-1-3-5-11/h1-8H,9-10H2,(H,22,24). The van der Waals surface area contributed by atoms with Crippen LogP contribution >= 0.6 is 23.2 Å². The monoisotopic (exact) mass is 376 g/mol. The van der Waals surface area contributed by atoms with Gasteiger partial charge in [0.1, 0.15) is 6.54 Å². The van der Waals surface area contributed by atoms with E-state index >= 15 is 0 Å². The molecule has 128 valence electrons. The van der Waals surface area contributed by atoms with Crippen LogP contribution in [0.2, 0.25) is 10.0 Å². The van der Waals surface area contributed by atoms with Crippen molar-refractivity contribution in [3.05, 3.63) is 64.1 Å². The van der Waals surface area contributed by atoms with E-state index in [1.54, 1.807) is 30.3 Å². The van der Waals surface area contributed by atoms with E-state index in [4.69, 9.17) is 23.2 Å². The van der Waals surface area contributed by atoms with Gasteiger partial charge >= 0.3 is 12.2 Å². The maximum Gasteiger partial charge on any atom is 0.406 e. The van der Waals surface area contributed by atoms with Crippen LogP contribution in [0.25, 0.3) is 0 Å². The molecule has 0 aliphatic carbocycles. The highest BCUT2D eigenvalue weighted by molar-refractivity contribution is 6.42. The molecule has 0 bridgehead atoms. The summed E-state index contributed by atoms with van der Waals surface area (Å²) >= 11 is 11.6. The second-order valence-corrected chi connectivity index (χ2v) is 5.83. The van der Waals surface area contributed by atoms with E-state index in [1.165, 1.54) is 18.2 Å². The van der Waals surface area contributed by atoms with E-state index in [-0.39, 0.29) is 22.3 Å². The molecule has 2 amide bonds. The van der Waals surface area contributed by atoms with Crippen LogP contribution in [0.15, 0.2) is 48.5 Å². The number of benzene rings is 2. The largest absolute Gasteiger partial charge is 0.406 e. The summed E-state index contributed by atoms with van der Waals surface area (Å²) in [5.74, 6) is 0. The molecular formula is C16H13Cl2F3N2O. The van der Waals surface area contributed by atoms with E-state index < -0.39 is 18.8 Å². The Morgan fingerprint density at radius 3 is 2.29 bits per heavy atom. The molecule has 0 aliphatic rings. The summed E-state index contributed by atoms with van der Waals surface area (Å²) in [6.07, 6.45) is -4.51. The maximum atomic E-state index is 12.8. The Bertz CT molecular complexity index is 708. The van der Waals surface area contributed by atoms with E-state index in [0.29, 0.717) is 10.5 Å². The number of anilines is 1. The molecule has 0 saturated heterocycles. The number of nitrogens with zero attached hydrogens (tertiary/aromatic N) is 1. The highest BCUT2D eigenvalue weighted by atomic mass is 35.5. The van der Waals surface area contributed by atoms with Gasteiger partial charge in [-0.15, -0.1) is 0 Å². The second-order valence-electron chi connectivity index (χ2n) is 5.02. The number of nitrogens with one attached hydrogen (secondary N) is 1. The van der Waals surface area contributed by atoms with Crippen LogP contribution in [-0.2, 0) is 6.54 Å². The molecule has 2 rings (SSSR count). The molecule has 0 saturated carbocycles. The van der Waals surface area contributed by atoms with Gasteiger partial charge in [-0.2, -0.15) is 13.2 Å². The summed E-state index contributed by atoms with van der Waals surface area (Å²) in [5.41, 5.74) is 0.848. The number of hydrogen-bond acceptors (Lipinski definition) is 1. The van der Waals surface area contributed by atoms with Crippen molar-refractivity contribution < 1.29 is 18.0 Å². The minimum atomic E-state index is -4.51. The Balaban J connectivity index is 2.15. The molecule has 0 unspecified atom stereocenters. The Morgan fingerprint density at radius 2 is 1.71 bits per heavy atom. The van der Waals surface area contributed by atoms with Crippen LogP contribution < -0.4 is 5.32 Å². The van der Waals surface area contributed by atoms with Gasteiger partial charge in [-0.25, -0.2) is 4.79 Å². The molecule has 8 heteroatoms. The van der Waals surface area contributed by atoms with Gasteiger partial charge in [0.15, 0.2) is 0 Å².